The predicted octanol–water partition coefficient (Wildman–Crippen LogP) is 3.68. The van der Waals surface area contributed by atoms with E-state index in [1.807, 2.05) is 0 Å². The number of hydrogen-bond donors (Lipinski definition) is 1. The van der Waals surface area contributed by atoms with Gasteiger partial charge in [-0.05, 0) is 24.6 Å². The minimum absolute atomic E-state index is 0.0216. The quantitative estimate of drug-likeness (QED) is 0.810. The average Bonchev–Trinajstić information content (AvgIpc) is 3.05. The highest BCUT2D eigenvalue weighted by Gasteiger charge is 2.49. The monoisotopic (exact) mass is 388 g/mol. The number of nitrogens with one attached hydrogen (secondary N) is 1. The van der Waals surface area contributed by atoms with Crippen molar-refractivity contribution in [2.24, 2.45) is 0 Å². The van der Waals surface area contributed by atoms with Gasteiger partial charge in [-0.3, -0.25) is 9.59 Å². The fourth-order valence-electron chi connectivity index (χ4n) is 3.36. The predicted molar refractivity (Wildman–Crippen MR) is 87.8 cm³/mol. The molecular weight excluding hydrogens is 377 g/mol. The molecule has 1 N–H and O–H groups in total. The molecule has 1 aromatic heterocycles. The molecule has 9 heteroatoms. The number of halogens is 4. The van der Waals surface area contributed by atoms with Crippen molar-refractivity contribution in [1.29, 1.82) is 0 Å². The van der Waals surface area contributed by atoms with E-state index in [2.05, 4.69) is 5.32 Å². The summed E-state index contributed by atoms with van der Waals surface area (Å²) in [5, 5.41) is 3.16. The molecule has 2 aromatic rings. The summed E-state index contributed by atoms with van der Waals surface area (Å²) >= 11 is 7.28. The molecule has 0 radical (unpaired) electrons. The molecule has 25 heavy (non-hydrogen) atoms. The summed E-state index contributed by atoms with van der Waals surface area (Å²) in [5.74, 6) is -0.335. The third kappa shape index (κ3) is 2.67. The van der Waals surface area contributed by atoms with Crippen LogP contribution in [-0.4, -0.2) is 35.3 Å². The SMILES string of the molecule is O=C1CCC2(CN(C(=O)c3sc4ccc(C(F)(F)F)cc4c3Cl)C2)N1. The van der Waals surface area contributed by atoms with Crippen molar-refractivity contribution in [3.8, 4) is 0 Å². The summed E-state index contributed by atoms with van der Waals surface area (Å²) in [6.45, 7) is 0.798. The van der Waals surface area contributed by atoms with Crippen LogP contribution in [0.5, 0.6) is 0 Å². The first-order valence-corrected chi connectivity index (χ1v) is 8.78. The first-order valence-electron chi connectivity index (χ1n) is 7.58. The van der Waals surface area contributed by atoms with Crippen LogP contribution in [0.4, 0.5) is 13.2 Å². The van der Waals surface area contributed by atoms with Gasteiger partial charge in [0.2, 0.25) is 5.91 Å². The van der Waals surface area contributed by atoms with Gasteiger partial charge in [-0.15, -0.1) is 11.3 Å². The molecule has 4 rings (SSSR count). The number of carbonyl (C=O) groups is 2. The molecule has 0 atom stereocenters. The van der Waals surface area contributed by atoms with Gasteiger partial charge in [-0.25, -0.2) is 0 Å². The van der Waals surface area contributed by atoms with E-state index >= 15 is 0 Å². The first-order chi connectivity index (χ1) is 11.7. The van der Waals surface area contributed by atoms with E-state index < -0.39 is 11.7 Å². The second-order valence-corrected chi connectivity index (χ2v) is 7.87. The highest BCUT2D eigenvalue weighted by molar-refractivity contribution is 7.21. The van der Waals surface area contributed by atoms with Gasteiger partial charge < -0.3 is 10.2 Å². The molecular formula is C16H12ClF3N2O2S. The molecule has 2 aliphatic rings. The lowest BCUT2D eigenvalue weighted by Gasteiger charge is -2.47. The van der Waals surface area contributed by atoms with Crippen LogP contribution >= 0.6 is 22.9 Å². The van der Waals surface area contributed by atoms with E-state index in [1.54, 1.807) is 4.90 Å². The van der Waals surface area contributed by atoms with Crippen LogP contribution in [0.3, 0.4) is 0 Å². The fraction of sp³-hybridized carbons (Fsp3) is 0.375. The van der Waals surface area contributed by atoms with E-state index in [1.165, 1.54) is 6.07 Å². The second kappa shape index (κ2) is 5.35. The zero-order chi connectivity index (χ0) is 18.0. The summed E-state index contributed by atoms with van der Waals surface area (Å²) in [4.78, 5) is 25.8. The summed E-state index contributed by atoms with van der Waals surface area (Å²) < 4.78 is 39.1. The Hall–Kier alpha value is -1.80. The zero-order valence-electron chi connectivity index (χ0n) is 12.7. The van der Waals surface area contributed by atoms with Crippen LogP contribution in [0, 0.1) is 0 Å². The Morgan fingerprint density at radius 3 is 2.64 bits per heavy atom. The van der Waals surface area contributed by atoms with Crippen molar-refractivity contribution in [3.63, 3.8) is 0 Å². The summed E-state index contributed by atoms with van der Waals surface area (Å²) in [7, 11) is 0. The number of hydrogen-bond acceptors (Lipinski definition) is 3. The Morgan fingerprint density at radius 2 is 2.04 bits per heavy atom. The molecule has 0 bridgehead atoms. The average molecular weight is 389 g/mol. The molecule has 3 heterocycles. The van der Waals surface area contributed by atoms with Crippen molar-refractivity contribution < 1.29 is 22.8 Å². The van der Waals surface area contributed by atoms with Crippen LogP contribution < -0.4 is 5.32 Å². The van der Waals surface area contributed by atoms with Gasteiger partial charge in [-0.2, -0.15) is 13.2 Å². The third-order valence-electron chi connectivity index (χ3n) is 4.66. The van der Waals surface area contributed by atoms with Gasteiger partial charge in [0.15, 0.2) is 0 Å². The van der Waals surface area contributed by atoms with Gasteiger partial charge in [-0.1, -0.05) is 11.6 Å². The maximum atomic E-state index is 12.9. The minimum Gasteiger partial charge on any atom is -0.347 e. The molecule has 2 fully saturated rings. The standard InChI is InChI=1S/C16H12ClF3N2O2S/c17-12-9-5-8(16(18,19)20)1-2-10(9)25-13(12)14(24)22-6-15(7-22)4-3-11(23)21-15/h1-2,5H,3-4,6-7H2,(H,21,23). The largest absolute Gasteiger partial charge is 0.416 e. The molecule has 4 nitrogen and oxygen atoms in total. The lowest BCUT2D eigenvalue weighted by molar-refractivity contribution is -0.137. The van der Waals surface area contributed by atoms with Gasteiger partial charge in [0.1, 0.15) is 4.88 Å². The number of alkyl halides is 3. The smallest absolute Gasteiger partial charge is 0.347 e. The van der Waals surface area contributed by atoms with E-state index in [-0.39, 0.29) is 32.6 Å². The Morgan fingerprint density at radius 1 is 1.32 bits per heavy atom. The molecule has 1 spiro atoms. The maximum absolute atomic E-state index is 12.9. The lowest BCUT2D eigenvalue weighted by atomic mass is 9.88. The highest BCUT2D eigenvalue weighted by atomic mass is 35.5. The number of nitrogens with zero attached hydrogens (tertiary/aromatic N) is 1. The first kappa shape index (κ1) is 16.7. The Labute approximate surface area is 149 Å². The second-order valence-electron chi connectivity index (χ2n) is 6.44. The zero-order valence-corrected chi connectivity index (χ0v) is 14.3. The van der Waals surface area contributed by atoms with Crippen molar-refractivity contribution in [1.82, 2.24) is 10.2 Å². The molecule has 2 saturated heterocycles. The van der Waals surface area contributed by atoms with Crippen molar-refractivity contribution >= 4 is 44.8 Å². The van der Waals surface area contributed by atoms with E-state index in [0.717, 1.165) is 23.5 Å². The Bertz CT molecular complexity index is 903. The van der Waals surface area contributed by atoms with Crippen molar-refractivity contribution in [3.05, 3.63) is 33.7 Å². The third-order valence-corrected chi connectivity index (χ3v) is 6.32. The van der Waals surface area contributed by atoms with Crippen LogP contribution in [0.2, 0.25) is 5.02 Å². The molecule has 0 aliphatic carbocycles. The van der Waals surface area contributed by atoms with E-state index in [9.17, 15) is 22.8 Å². The normalized spacial score (nSPS) is 19.4. The summed E-state index contributed by atoms with van der Waals surface area (Å²) in [6, 6.07) is 3.29. The van der Waals surface area contributed by atoms with Crippen molar-refractivity contribution in [2.45, 2.75) is 24.6 Å². The van der Waals surface area contributed by atoms with Crippen LogP contribution in [0.15, 0.2) is 18.2 Å². The number of amides is 2. The van der Waals surface area contributed by atoms with E-state index in [0.29, 0.717) is 30.6 Å². The molecule has 0 unspecified atom stereocenters. The molecule has 2 amide bonds. The number of carbonyl (C=O) groups excluding carboxylic acids is 2. The summed E-state index contributed by atoms with van der Waals surface area (Å²) in [5.41, 5.74) is -1.14. The minimum atomic E-state index is -4.46. The van der Waals surface area contributed by atoms with Crippen LogP contribution in [-0.2, 0) is 11.0 Å². The van der Waals surface area contributed by atoms with Gasteiger partial charge >= 0.3 is 6.18 Å². The van der Waals surface area contributed by atoms with Gasteiger partial charge in [0.05, 0.1) is 16.1 Å². The van der Waals surface area contributed by atoms with Gasteiger partial charge in [0, 0.05) is 29.6 Å². The number of thiophene rings is 1. The number of likely N-dealkylation sites (tertiary alicyclic amines) is 1. The van der Waals surface area contributed by atoms with Crippen LogP contribution in [0.1, 0.15) is 28.1 Å². The topological polar surface area (TPSA) is 49.4 Å². The molecule has 0 saturated carbocycles. The lowest BCUT2D eigenvalue weighted by Crippen LogP contribution is -2.68. The number of benzene rings is 1. The maximum Gasteiger partial charge on any atom is 0.416 e. The summed E-state index contributed by atoms with van der Waals surface area (Å²) in [6.07, 6.45) is -3.33. The van der Waals surface area contributed by atoms with Crippen molar-refractivity contribution in [2.75, 3.05) is 13.1 Å². The fourth-order valence-corrected chi connectivity index (χ4v) is 4.82. The Balaban J connectivity index is 1.60. The number of rotatable bonds is 1. The van der Waals surface area contributed by atoms with Gasteiger partial charge in [0.25, 0.3) is 5.91 Å². The number of fused-ring (bicyclic) bond motifs is 1. The molecule has 1 aromatic carbocycles. The highest BCUT2D eigenvalue weighted by Crippen LogP contribution is 2.41. The Kier molecular flexibility index (Phi) is 3.56. The molecule has 132 valence electrons. The van der Waals surface area contributed by atoms with Crippen LogP contribution in [0.25, 0.3) is 10.1 Å². The molecule has 2 aliphatic heterocycles. The van der Waals surface area contributed by atoms with E-state index in [4.69, 9.17) is 11.6 Å².